The van der Waals surface area contributed by atoms with Crippen LogP contribution in [0.2, 0.25) is 0 Å². The molecule has 5 rings (SSSR count). The molecule has 5 heteroatoms. The average Bonchev–Trinajstić information content (AvgIpc) is 3.04. The molecular formula is C19H15NO4. The Balaban J connectivity index is 1.74. The van der Waals surface area contributed by atoms with E-state index >= 15 is 0 Å². The van der Waals surface area contributed by atoms with Gasteiger partial charge in [-0.25, -0.2) is 0 Å². The Morgan fingerprint density at radius 2 is 1.88 bits per heavy atom. The van der Waals surface area contributed by atoms with Gasteiger partial charge in [-0.2, -0.15) is 0 Å². The molecule has 0 N–H and O–H groups in total. The van der Waals surface area contributed by atoms with Crippen molar-refractivity contribution < 1.29 is 19.0 Å². The van der Waals surface area contributed by atoms with E-state index in [1.807, 2.05) is 18.2 Å². The maximum absolute atomic E-state index is 12.0. The van der Waals surface area contributed by atoms with Crippen molar-refractivity contribution in [1.82, 2.24) is 4.90 Å². The number of hydrogen-bond donors (Lipinski definition) is 0. The summed E-state index contributed by atoms with van der Waals surface area (Å²) in [6.45, 7) is 1.11. The fourth-order valence-corrected chi connectivity index (χ4v) is 3.54. The molecular weight excluding hydrogens is 306 g/mol. The summed E-state index contributed by atoms with van der Waals surface area (Å²) in [5.74, 6) is 1.88. The third-order valence-electron chi connectivity index (χ3n) is 4.76. The second kappa shape index (κ2) is 4.77. The summed E-state index contributed by atoms with van der Waals surface area (Å²) in [7, 11) is 1.53. The first-order valence-corrected chi connectivity index (χ1v) is 7.88. The van der Waals surface area contributed by atoms with Crippen LogP contribution in [0.3, 0.4) is 0 Å². The van der Waals surface area contributed by atoms with Crippen molar-refractivity contribution in [3.8, 4) is 11.5 Å². The first kappa shape index (κ1) is 13.5. The molecule has 0 fully saturated rings. The molecule has 3 heterocycles. The van der Waals surface area contributed by atoms with Gasteiger partial charge in [-0.1, -0.05) is 0 Å². The van der Waals surface area contributed by atoms with Crippen molar-refractivity contribution in [2.75, 3.05) is 20.4 Å². The maximum Gasteiger partial charge on any atom is 0.231 e. The van der Waals surface area contributed by atoms with Crippen molar-refractivity contribution in [3.05, 3.63) is 57.3 Å². The predicted molar refractivity (Wildman–Crippen MR) is 87.3 cm³/mol. The van der Waals surface area contributed by atoms with Gasteiger partial charge in [0.05, 0.1) is 7.11 Å². The minimum Gasteiger partial charge on any atom is -0.493 e. The number of carbonyl (C=O) groups is 1. The van der Waals surface area contributed by atoms with Crippen LogP contribution < -0.4 is 19.9 Å². The number of benzene rings is 1. The van der Waals surface area contributed by atoms with Gasteiger partial charge in [-0.05, 0) is 47.6 Å². The Labute approximate surface area is 138 Å². The van der Waals surface area contributed by atoms with Crippen molar-refractivity contribution in [2.45, 2.75) is 6.42 Å². The molecule has 1 aromatic rings. The molecule has 1 aromatic carbocycles. The Morgan fingerprint density at radius 3 is 2.67 bits per heavy atom. The molecule has 0 saturated heterocycles. The summed E-state index contributed by atoms with van der Waals surface area (Å²) in [5.41, 5.74) is 3.21. The van der Waals surface area contributed by atoms with Crippen LogP contribution in [-0.4, -0.2) is 31.1 Å². The Bertz CT molecular complexity index is 997. The smallest absolute Gasteiger partial charge is 0.231 e. The molecule has 5 nitrogen and oxygen atoms in total. The predicted octanol–water partition coefficient (Wildman–Crippen LogP) is 0.947. The highest BCUT2D eigenvalue weighted by molar-refractivity contribution is 6.05. The summed E-state index contributed by atoms with van der Waals surface area (Å²) in [4.78, 5) is 14.2. The molecule has 0 atom stereocenters. The Hall–Kier alpha value is -2.95. The topological polar surface area (TPSA) is 48.0 Å². The van der Waals surface area contributed by atoms with Gasteiger partial charge in [0.2, 0.25) is 12.6 Å². The van der Waals surface area contributed by atoms with Crippen LogP contribution in [0.25, 0.3) is 12.3 Å². The molecule has 24 heavy (non-hydrogen) atoms. The highest BCUT2D eigenvalue weighted by atomic mass is 16.7. The van der Waals surface area contributed by atoms with Crippen LogP contribution in [0.5, 0.6) is 11.5 Å². The van der Waals surface area contributed by atoms with Crippen LogP contribution >= 0.6 is 0 Å². The summed E-state index contributed by atoms with van der Waals surface area (Å²) in [5, 5.41) is 2.20. The van der Waals surface area contributed by atoms with Gasteiger partial charge in [0.15, 0.2) is 17.3 Å². The molecule has 0 amide bonds. The number of hydrogen-bond acceptors (Lipinski definition) is 5. The van der Waals surface area contributed by atoms with Gasteiger partial charge in [-0.15, -0.1) is 0 Å². The molecule has 1 aliphatic carbocycles. The van der Waals surface area contributed by atoms with Gasteiger partial charge in [0.1, 0.15) is 0 Å². The van der Waals surface area contributed by atoms with E-state index in [9.17, 15) is 4.79 Å². The minimum absolute atomic E-state index is 0.0612. The minimum atomic E-state index is -0.0612. The number of allylic oxidation sites excluding steroid dienone is 4. The molecule has 0 radical (unpaired) electrons. The molecule has 0 aromatic heterocycles. The first-order chi connectivity index (χ1) is 11.7. The number of carbonyl (C=O) groups excluding carboxylic acids is 1. The van der Waals surface area contributed by atoms with E-state index in [4.69, 9.17) is 14.2 Å². The van der Waals surface area contributed by atoms with E-state index in [0.29, 0.717) is 5.76 Å². The number of nitrogens with zero attached hydrogens (tertiary/aromatic N) is 1. The van der Waals surface area contributed by atoms with Crippen LogP contribution in [0.15, 0.2) is 46.9 Å². The zero-order chi connectivity index (χ0) is 16.3. The summed E-state index contributed by atoms with van der Waals surface area (Å²) in [6.07, 6.45) is 8.65. The highest BCUT2D eigenvalue weighted by Gasteiger charge is 2.27. The van der Waals surface area contributed by atoms with Crippen molar-refractivity contribution in [3.63, 3.8) is 0 Å². The Morgan fingerprint density at radius 1 is 1.08 bits per heavy atom. The first-order valence-electron chi connectivity index (χ1n) is 7.88. The molecule has 3 aliphatic heterocycles. The molecule has 120 valence electrons. The Kier molecular flexibility index (Phi) is 2.68. The number of rotatable bonds is 1. The molecule has 4 aliphatic rings. The number of ether oxygens (including phenoxy) is 3. The molecule has 0 spiro atoms. The largest absolute Gasteiger partial charge is 0.493 e. The fraction of sp³-hybridized carbons (Fsp3) is 0.211. The van der Waals surface area contributed by atoms with E-state index in [2.05, 4.69) is 17.2 Å². The lowest BCUT2D eigenvalue weighted by molar-refractivity contribution is -0.114. The SMILES string of the molecule is COC1=CC2=C3C=c4cc5c(cc4=CN3CCC2=CC1=O)OCO5. The van der Waals surface area contributed by atoms with Crippen LogP contribution in [0.1, 0.15) is 6.42 Å². The third-order valence-corrected chi connectivity index (χ3v) is 4.76. The number of methoxy groups -OCH3 is 1. The zero-order valence-electron chi connectivity index (χ0n) is 13.2. The third kappa shape index (κ3) is 1.84. The second-order valence-corrected chi connectivity index (χ2v) is 6.10. The van der Waals surface area contributed by atoms with Gasteiger partial charge in [-0.3, -0.25) is 4.79 Å². The van der Waals surface area contributed by atoms with Crippen molar-refractivity contribution in [1.29, 1.82) is 0 Å². The molecule has 0 unspecified atom stereocenters. The number of ketones is 1. The molecule has 0 bridgehead atoms. The van der Waals surface area contributed by atoms with Crippen molar-refractivity contribution >= 4 is 18.1 Å². The lowest BCUT2D eigenvalue weighted by Crippen LogP contribution is -2.37. The van der Waals surface area contributed by atoms with E-state index in [1.165, 1.54) is 7.11 Å². The maximum atomic E-state index is 12.0. The standard InChI is InChI=1S/C19H15NO4/c1-22-17-8-14-11(5-16(17)21)2-3-20-9-13-7-19-18(23-10-24-19)6-12(13)4-15(14)20/h4-9H,2-3,10H2,1H3. The van der Waals surface area contributed by atoms with Crippen LogP contribution in [-0.2, 0) is 9.53 Å². The summed E-state index contributed by atoms with van der Waals surface area (Å²) >= 11 is 0. The fourth-order valence-electron chi connectivity index (χ4n) is 3.54. The monoisotopic (exact) mass is 321 g/mol. The van der Waals surface area contributed by atoms with Gasteiger partial charge >= 0.3 is 0 Å². The van der Waals surface area contributed by atoms with Gasteiger partial charge in [0, 0.05) is 29.2 Å². The van der Waals surface area contributed by atoms with E-state index in [0.717, 1.165) is 51.7 Å². The number of fused-ring (bicyclic) bond motifs is 4. The zero-order valence-corrected chi connectivity index (χ0v) is 13.2. The quantitative estimate of drug-likeness (QED) is 0.771. The van der Waals surface area contributed by atoms with Gasteiger partial charge in [0.25, 0.3) is 0 Å². The van der Waals surface area contributed by atoms with Crippen LogP contribution in [0, 0.1) is 0 Å². The average molecular weight is 321 g/mol. The lowest BCUT2D eigenvalue weighted by atomic mass is 9.89. The normalized spacial score (nSPS) is 20.2. The summed E-state index contributed by atoms with van der Waals surface area (Å²) < 4.78 is 16.2. The van der Waals surface area contributed by atoms with Crippen LogP contribution in [0.4, 0.5) is 0 Å². The van der Waals surface area contributed by atoms with Crippen molar-refractivity contribution in [2.24, 2.45) is 0 Å². The lowest BCUT2D eigenvalue weighted by Gasteiger charge is -2.33. The van der Waals surface area contributed by atoms with E-state index < -0.39 is 0 Å². The summed E-state index contributed by atoms with van der Waals surface area (Å²) in [6, 6.07) is 4.02. The van der Waals surface area contributed by atoms with E-state index in [-0.39, 0.29) is 12.6 Å². The van der Waals surface area contributed by atoms with Gasteiger partial charge < -0.3 is 19.1 Å². The van der Waals surface area contributed by atoms with E-state index in [1.54, 1.807) is 6.08 Å². The molecule has 0 saturated carbocycles. The second-order valence-electron chi connectivity index (χ2n) is 6.10. The highest BCUT2D eigenvalue weighted by Crippen LogP contribution is 2.34.